The third-order valence-electron chi connectivity index (χ3n) is 5.95. The molecule has 1 aliphatic heterocycles. The standard InChI is InChI=1S/C24H23NO3/c1-24(2)11-19(27)23-21(12-24)28-20-10-14(26)8-9-16(20)22(23)17-13-25(3)18-7-5-4-6-15(17)18/h4-10,13,22,26H,11-12H2,1-3H3. The second-order valence-corrected chi connectivity index (χ2v) is 8.75. The maximum Gasteiger partial charge on any atom is 0.163 e. The molecule has 142 valence electrons. The SMILES string of the molecule is Cn1cc(C2C3=C(CC(C)(C)CC3=O)Oc3cc(O)ccc32)c2ccccc21. The molecule has 28 heavy (non-hydrogen) atoms. The van der Waals surface area contributed by atoms with Crippen molar-refractivity contribution in [1.82, 2.24) is 4.57 Å². The van der Waals surface area contributed by atoms with Gasteiger partial charge in [0.25, 0.3) is 0 Å². The Balaban J connectivity index is 1.81. The number of aromatic hydroxyl groups is 1. The largest absolute Gasteiger partial charge is 0.508 e. The fourth-order valence-electron chi connectivity index (χ4n) is 4.76. The number of para-hydroxylation sites is 1. The topological polar surface area (TPSA) is 51.5 Å². The first kappa shape index (κ1) is 17.1. The van der Waals surface area contributed by atoms with Crippen molar-refractivity contribution in [1.29, 1.82) is 0 Å². The average molecular weight is 373 g/mol. The van der Waals surface area contributed by atoms with Gasteiger partial charge < -0.3 is 14.4 Å². The molecule has 0 amide bonds. The van der Waals surface area contributed by atoms with E-state index < -0.39 is 0 Å². The van der Waals surface area contributed by atoms with E-state index in [1.807, 2.05) is 25.2 Å². The second kappa shape index (κ2) is 5.74. The molecule has 2 aromatic carbocycles. The fraction of sp³-hybridized carbons (Fsp3) is 0.292. The predicted molar refractivity (Wildman–Crippen MR) is 109 cm³/mol. The summed E-state index contributed by atoms with van der Waals surface area (Å²) in [6.45, 7) is 4.20. The molecule has 2 aliphatic rings. The molecule has 5 rings (SSSR count). The Hall–Kier alpha value is -3.01. The molecule has 0 fully saturated rings. The van der Waals surface area contributed by atoms with E-state index in [0.717, 1.165) is 33.4 Å². The van der Waals surface area contributed by atoms with Crippen molar-refractivity contribution < 1.29 is 14.6 Å². The second-order valence-electron chi connectivity index (χ2n) is 8.75. The van der Waals surface area contributed by atoms with Crippen LogP contribution in [0.25, 0.3) is 10.9 Å². The van der Waals surface area contributed by atoms with Crippen LogP contribution in [0.4, 0.5) is 0 Å². The van der Waals surface area contributed by atoms with Crippen molar-refractivity contribution in [3.05, 3.63) is 71.1 Å². The summed E-state index contributed by atoms with van der Waals surface area (Å²) in [4.78, 5) is 13.3. The summed E-state index contributed by atoms with van der Waals surface area (Å²) in [7, 11) is 2.03. The quantitative estimate of drug-likeness (QED) is 0.649. The molecule has 0 saturated heterocycles. The molecule has 0 spiro atoms. The average Bonchev–Trinajstić information content (AvgIpc) is 2.95. The molecule has 2 heterocycles. The smallest absolute Gasteiger partial charge is 0.163 e. The number of benzene rings is 2. The van der Waals surface area contributed by atoms with E-state index in [0.29, 0.717) is 18.6 Å². The van der Waals surface area contributed by atoms with E-state index in [4.69, 9.17) is 4.74 Å². The first-order chi connectivity index (χ1) is 13.3. The van der Waals surface area contributed by atoms with Crippen molar-refractivity contribution >= 4 is 16.7 Å². The molecule has 3 aromatic rings. The molecule has 0 bridgehead atoms. The number of rotatable bonds is 1. The van der Waals surface area contributed by atoms with Crippen molar-refractivity contribution in [3.8, 4) is 11.5 Å². The van der Waals surface area contributed by atoms with E-state index in [1.54, 1.807) is 12.1 Å². The van der Waals surface area contributed by atoms with Crippen molar-refractivity contribution in [3.63, 3.8) is 0 Å². The van der Waals surface area contributed by atoms with Crippen LogP contribution in [0, 0.1) is 5.41 Å². The number of hydrogen-bond donors (Lipinski definition) is 1. The molecule has 1 aliphatic carbocycles. The maximum absolute atomic E-state index is 13.3. The highest BCUT2D eigenvalue weighted by atomic mass is 16.5. The van der Waals surface area contributed by atoms with E-state index in [2.05, 4.69) is 36.7 Å². The Bertz CT molecular complexity index is 1170. The molecular weight excluding hydrogens is 350 g/mol. The van der Waals surface area contributed by atoms with Crippen LogP contribution in [-0.2, 0) is 11.8 Å². The van der Waals surface area contributed by atoms with Crippen LogP contribution in [0.15, 0.2) is 60.0 Å². The number of Topliss-reactive ketones (excluding diaryl/α,β-unsaturated/α-hetero) is 1. The zero-order valence-electron chi connectivity index (χ0n) is 16.3. The fourth-order valence-corrected chi connectivity index (χ4v) is 4.76. The molecular formula is C24H23NO3. The lowest BCUT2D eigenvalue weighted by molar-refractivity contribution is -0.118. The van der Waals surface area contributed by atoms with Crippen LogP contribution in [-0.4, -0.2) is 15.5 Å². The lowest BCUT2D eigenvalue weighted by Crippen LogP contribution is -2.32. The zero-order chi connectivity index (χ0) is 19.6. The van der Waals surface area contributed by atoms with Crippen LogP contribution in [0.3, 0.4) is 0 Å². The van der Waals surface area contributed by atoms with Crippen LogP contribution in [0.5, 0.6) is 11.5 Å². The third kappa shape index (κ3) is 2.48. The van der Waals surface area contributed by atoms with E-state index in [-0.39, 0.29) is 22.9 Å². The van der Waals surface area contributed by atoms with Gasteiger partial charge in [-0.25, -0.2) is 0 Å². The zero-order valence-corrected chi connectivity index (χ0v) is 16.3. The summed E-state index contributed by atoms with van der Waals surface area (Å²) in [5, 5.41) is 11.1. The van der Waals surface area contributed by atoms with Gasteiger partial charge in [-0.3, -0.25) is 4.79 Å². The first-order valence-electron chi connectivity index (χ1n) is 9.65. The number of phenolic OH excluding ortho intramolecular Hbond substituents is 1. The Morgan fingerprint density at radius 1 is 1.11 bits per heavy atom. The number of hydrogen-bond acceptors (Lipinski definition) is 3. The molecule has 4 heteroatoms. The van der Waals surface area contributed by atoms with Gasteiger partial charge in [-0.2, -0.15) is 0 Å². The summed E-state index contributed by atoms with van der Waals surface area (Å²) >= 11 is 0. The van der Waals surface area contributed by atoms with Crippen molar-refractivity contribution in [2.24, 2.45) is 12.5 Å². The number of carbonyl (C=O) groups is 1. The number of phenols is 1. The Morgan fingerprint density at radius 2 is 1.89 bits per heavy atom. The predicted octanol–water partition coefficient (Wildman–Crippen LogP) is 5.05. The minimum absolute atomic E-state index is 0.131. The number of allylic oxidation sites excluding steroid dienone is 2. The van der Waals surface area contributed by atoms with Gasteiger partial charge in [0.05, 0.1) is 0 Å². The minimum atomic E-state index is -0.186. The van der Waals surface area contributed by atoms with Gasteiger partial charge in [0.15, 0.2) is 5.78 Å². The van der Waals surface area contributed by atoms with Crippen molar-refractivity contribution in [2.45, 2.75) is 32.6 Å². The number of nitrogens with zero attached hydrogens (tertiary/aromatic N) is 1. The lowest BCUT2D eigenvalue weighted by Gasteiger charge is -2.38. The van der Waals surface area contributed by atoms with Gasteiger partial charge in [-0.05, 0) is 23.1 Å². The highest BCUT2D eigenvalue weighted by Gasteiger charge is 2.42. The summed E-state index contributed by atoms with van der Waals surface area (Å²) in [6, 6.07) is 13.5. The summed E-state index contributed by atoms with van der Waals surface area (Å²) in [5.41, 5.74) is 3.81. The van der Waals surface area contributed by atoms with Gasteiger partial charge in [0, 0.05) is 60.1 Å². The number of ether oxygens (including phenoxy) is 1. The van der Waals surface area contributed by atoms with E-state index in [1.165, 1.54) is 0 Å². The lowest BCUT2D eigenvalue weighted by atomic mass is 9.70. The molecule has 0 radical (unpaired) electrons. The summed E-state index contributed by atoms with van der Waals surface area (Å²) in [5.74, 6) is 1.53. The summed E-state index contributed by atoms with van der Waals surface area (Å²) < 4.78 is 8.29. The van der Waals surface area contributed by atoms with Crippen LogP contribution in [0.1, 0.15) is 43.7 Å². The number of ketones is 1. The van der Waals surface area contributed by atoms with Crippen molar-refractivity contribution in [2.75, 3.05) is 0 Å². The van der Waals surface area contributed by atoms with Crippen LogP contribution >= 0.6 is 0 Å². The van der Waals surface area contributed by atoms with Gasteiger partial charge in [0.2, 0.25) is 0 Å². The number of aryl methyl sites for hydroxylation is 1. The van der Waals surface area contributed by atoms with Gasteiger partial charge in [0.1, 0.15) is 17.3 Å². The first-order valence-corrected chi connectivity index (χ1v) is 9.65. The van der Waals surface area contributed by atoms with E-state index in [9.17, 15) is 9.90 Å². The normalized spacial score (nSPS) is 20.7. The highest BCUT2D eigenvalue weighted by molar-refractivity contribution is 6.01. The number of aromatic nitrogens is 1. The molecule has 1 N–H and O–H groups in total. The monoisotopic (exact) mass is 373 g/mol. The summed E-state index contributed by atoms with van der Waals surface area (Å²) in [6.07, 6.45) is 3.35. The molecule has 4 nitrogen and oxygen atoms in total. The third-order valence-corrected chi connectivity index (χ3v) is 5.95. The van der Waals surface area contributed by atoms with Gasteiger partial charge >= 0.3 is 0 Å². The Morgan fingerprint density at radius 3 is 2.71 bits per heavy atom. The molecule has 1 aromatic heterocycles. The minimum Gasteiger partial charge on any atom is -0.508 e. The van der Waals surface area contributed by atoms with Gasteiger partial charge in [-0.15, -0.1) is 0 Å². The van der Waals surface area contributed by atoms with Gasteiger partial charge in [-0.1, -0.05) is 38.1 Å². The number of fused-ring (bicyclic) bond motifs is 2. The molecule has 0 saturated carbocycles. The Labute approximate surface area is 164 Å². The molecule has 1 unspecified atom stereocenters. The maximum atomic E-state index is 13.3. The Kier molecular flexibility index (Phi) is 3.51. The van der Waals surface area contributed by atoms with E-state index >= 15 is 0 Å². The van der Waals surface area contributed by atoms with Crippen LogP contribution < -0.4 is 4.74 Å². The van der Waals surface area contributed by atoms with Crippen LogP contribution in [0.2, 0.25) is 0 Å². The number of carbonyl (C=O) groups excluding carboxylic acids is 1. The highest BCUT2D eigenvalue weighted by Crippen LogP contribution is 2.51. The molecule has 1 atom stereocenters.